The molecule has 164 valence electrons. The average molecular weight is 435 g/mol. The standard InChI is InChI=1S/C22H21N5O5/c1-12-4-9-16(10-13(12)2)27-20(29)18-19(21(27)30)26(25-24-18)11-17(28)23-15-7-5-14(6-8-15)22(31)32-3/h4-10,18-19H,11H2,1-3H3,(H,23,28)/t18-,19+/m1/s1. The Labute approximate surface area is 183 Å². The van der Waals surface area contributed by atoms with E-state index < -0.39 is 35.8 Å². The molecule has 0 bridgehead atoms. The molecule has 0 unspecified atom stereocenters. The number of hydrogen-bond acceptors (Lipinski definition) is 8. The molecular formula is C22H21N5O5. The number of nitrogens with one attached hydrogen (secondary N) is 1. The maximum atomic E-state index is 13.0. The van der Waals surface area contributed by atoms with Gasteiger partial charge in [0.15, 0.2) is 12.1 Å². The zero-order valence-corrected chi connectivity index (χ0v) is 17.7. The lowest BCUT2D eigenvalue weighted by Gasteiger charge is -2.20. The highest BCUT2D eigenvalue weighted by molar-refractivity contribution is 6.25. The molecule has 0 saturated carbocycles. The van der Waals surface area contributed by atoms with E-state index in [9.17, 15) is 19.2 Å². The topological polar surface area (TPSA) is 121 Å². The minimum Gasteiger partial charge on any atom is -0.465 e. The van der Waals surface area contributed by atoms with Crippen LogP contribution >= 0.6 is 0 Å². The van der Waals surface area contributed by atoms with E-state index >= 15 is 0 Å². The van der Waals surface area contributed by atoms with Gasteiger partial charge in [0.1, 0.15) is 6.54 Å². The molecular weight excluding hydrogens is 414 g/mol. The molecule has 10 nitrogen and oxygen atoms in total. The summed E-state index contributed by atoms with van der Waals surface area (Å²) in [7, 11) is 1.28. The maximum absolute atomic E-state index is 13.0. The summed E-state index contributed by atoms with van der Waals surface area (Å²) < 4.78 is 4.64. The number of anilines is 2. The van der Waals surface area contributed by atoms with E-state index in [0.717, 1.165) is 16.0 Å². The lowest BCUT2D eigenvalue weighted by Crippen LogP contribution is -2.43. The molecule has 2 aromatic rings. The first kappa shape index (κ1) is 21.2. The number of aryl methyl sites for hydroxylation is 2. The van der Waals surface area contributed by atoms with Crippen molar-refractivity contribution < 1.29 is 23.9 Å². The highest BCUT2D eigenvalue weighted by Crippen LogP contribution is 2.32. The fourth-order valence-corrected chi connectivity index (χ4v) is 3.63. The average Bonchev–Trinajstić information content (AvgIpc) is 3.29. The molecule has 0 aliphatic carbocycles. The molecule has 0 spiro atoms. The first-order chi connectivity index (χ1) is 15.3. The minimum atomic E-state index is -0.976. The van der Waals surface area contributed by atoms with Crippen molar-refractivity contribution in [2.75, 3.05) is 23.9 Å². The molecule has 2 aliphatic rings. The third-order valence-electron chi connectivity index (χ3n) is 5.50. The fourth-order valence-electron chi connectivity index (χ4n) is 3.63. The van der Waals surface area contributed by atoms with Crippen molar-refractivity contribution in [3.05, 3.63) is 59.2 Å². The summed E-state index contributed by atoms with van der Waals surface area (Å²) in [5.74, 6) is -1.86. The van der Waals surface area contributed by atoms with Crippen molar-refractivity contribution in [3.8, 4) is 0 Å². The number of ether oxygens (including phenoxy) is 1. The van der Waals surface area contributed by atoms with Crippen LogP contribution in [0.3, 0.4) is 0 Å². The normalized spacial score (nSPS) is 19.3. The monoisotopic (exact) mass is 435 g/mol. The Kier molecular flexibility index (Phi) is 5.43. The number of nitrogens with zero attached hydrogens (tertiary/aromatic N) is 4. The second kappa shape index (κ2) is 8.22. The third-order valence-corrected chi connectivity index (χ3v) is 5.50. The van der Waals surface area contributed by atoms with Crippen molar-refractivity contribution in [1.82, 2.24) is 5.01 Å². The molecule has 1 fully saturated rings. The maximum Gasteiger partial charge on any atom is 0.337 e. The van der Waals surface area contributed by atoms with Crippen molar-refractivity contribution in [2.45, 2.75) is 25.9 Å². The van der Waals surface area contributed by atoms with Crippen molar-refractivity contribution in [3.63, 3.8) is 0 Å². The van der Waals surface area contributed by atoms with Gasteiger partial charge in [-0.25, -0.2) is 9.69 Å². The van der Waals surface area contributed by atoms with Crippen LogP contribution in [-0.2, 0) is 19.1 Å². The lowest BCUT2D eigenvalue weighted by molar-refractivity contribution is -0.123. The van der Waals surface area contributed by atoms with Crippen LogP contribution in [0.1, 0.15) is 21.5 Å². The minimum absolute atomic E-state index is 0.261. The van der Waals surface area contributed by atoms with Gasteiger partial charge in [0.2, 0.25) is 5.91 Å². The summed E-state index contributed by atoms with van der Waals surface area (Å²) in [4.78, 5) is 51.0. The number of carbonyl (C=O) groups excluding carboxylic acids is 4. The number of hydrogen-bond donors (Lipinski definition) is 1. The smallest absolute Gasteiger partial charge is 0.337 e. The molecule has 4 rings (SSSR count). The third kappa shape index (κ3) is 3.70. The van der Waals surface area contributed by atoms with E-state index in [1.165, 1.54) is 24.3 Å². The zero-order valence-electron chi connectivity index (χ0n) is 17.7. The first-order valence-electron chi connectivity index (χ1n) is 9.91. The Hall–Kier alpha value is -4.08. The molecule has 3 amide bonds. The summed E-state index contributed by atoms with van der Waals surface area (Å²) in [5.41, 5.74) is 3.29. The molecule has 10 heteroatoms. The number of benzene rings is 2. The van der Waals surface area contributed by atoms with Gasteiger partial charge in [-0.1, -0.05) is 11.3 Å². The highest BCUT2D eigenvalue weighted by Gasteiger charge is 2.55. The number of fused-ring (bicyclic) bond motifs is 1. The van der Waals surface area contributed by atoms with Gasteiger partial charge in [-0.2, -0.15) is 5.11 Å². The quantitative estimate of drug-likeness (QED) is 0.567. The molecule has 2 heterocycles. The van der Waals surface area contributed by atoms with E-state index in [4.69, 9.17) is 0 Å². The summed E-state index contributed by atoms with van der Waals surface area (Å²) >= 11 is 0. The number of methoxy groups -OCH3 is 1. The summed E-state index contributed by atoms with van der Waals surface area (Å²) in [6.07, 6.45) is 0. The first-order valence-corrected chi connectivity index (χ1v) is 9.91. The number of esters is 1. The molecule has 1 saturated heterocycles. The van der Waals surface area contributed by atoms with Gasteiger partial charge in [0, 0.05) is 5.69 Å². The molecule has 1 N–H and O–H groups in total. The fraction of sp³-hybridized carbons (Fsp3) is 0.273. The van der Waals surface area contributed by atoms with Crippen LogP contribution in [0.5, 0.6) is 0 Å². The number of rotatable bonds is 5. The number of carbonyl (C=O) groups is 4. The van der Waals surface area contributed by atoms with E-state index in [0.29, 0.717) is 16.9 Å². The molecule has 2 aromatic carbocycles. The van der Waals surface area contributed by atoms with Crippen LogP contribution in [-0.4, -0.2) is 54.4 Å². The highest BCUT2D eigenvalue weighted by atomic mass is 16.5. The van der Waals surface area contributed by atoms with Crippen molar-refractivity contribution in [2.24, 2.45) is 10.3 Å². The van der Waals surface area contributed by atoms with Gasteiger partial charge in [-0.05, 0) is 61.4 Å². The predicted molar refractivity (Wildman–Crippen MR) is 114 cm³/mol. The van der Waals surface area contributed by atoms with Gasteiger partial charge >= 0.3 is 5.97 Å². The second-order valence-electron chi connectivity index (χ2n) is 7.59. The summed E-state index contributed by atoms with van der Waals surface area (Å²) in [6.45, 7) is 3.58. The van der Waals surface area contributed by atoms with E-state index in [2.05, 4.69) is 20.4 Å². The van der Waals surface area contributed by atoms with Crippen LogP contribution in [0.2, 0.25) is 0 Å². The Morgan fingerprint density at radius 2 is 1.75 bits per heavy atom. The van der Waals surface area contributed by atoms with Crippen LogP contribution in [0.15, 0.2) is 52.8 Å². The predicted octanol–water partition coefficient (Wildman–Crippen LogP) is 2.02. The van der Waals surface area contributed by atoms with Crippen LogP contribution < -0.4 is 10.2 Å². The van der Waals surface area contributed by atoms with E-state index in [1.807, 2.05) is 19.9 Å². The van der Waals surface area contributed by atoms with Gasteiger partial charge < -0.3 is 10.1 Å². The Bertz CT molecular complexity index is 1140. The summed E-state index contributed by atoms with van der Waals surface area (Å²) in [5, 5.41) is 11.7. The Balaban J connectivity index is 1.45. The molecule has 0 radical (unpaired) electrons. The summed E-state index contributed by atoms with van der Waals surface area (Å²) in [6, 6.07) is 9.56. The number of amides is 3. The Morgan fingerprint density at radius 3 is 2.41 bits per heavy atom. The van der Waals surface area contributed by atoms with Crippen LogP contribution in [0, 0.1) is 13.8 Å². The molecule has 2 atom stereocenters. The SMILES string of the molecule is COC(=O)c1ccc(NC(=O)CN2N=N[C@H]3C(=O)N(c4ccc(C)c(C)c4)C(=O)[C@H]32)cc1. The van der Waals surface area contributed by atoms with Crippen molar-refractivity contribution in [1.29, 1.82) is 0 Å². The molecule has 0 aromatic heterocycles. The number of imide groups is 1. The van der Waals surface area contributed by atoms with E-state index in [1.54, 1.807) is 24.3 Å². The van der Waals surface area contributed by atoms with Gasteiger partial charge in [-0.15, -0.1) is 0 Å². The molecule has 2 aliphatic heterocycles. The van der Waals surface area contributed by atoms with Crippen LogP contribution in [0.4, 0.5) is 11.4 Å². The zero-order chi connectivity index (χ0) is 23.0. The second-order valence-corrected chi connectivity index (χ2v) is 7.59. The van der Waals surface area contributed by atoms with Gasteiger partial charge in [0.25, 0.3) is 11.8 Å². The van der Waals surface area contributed by atoms with E-state index in [-0.39, 0.29) is 6.54 Å². The van der Waals surface area contributed by atoms with Gasteiger partial charge in [0.05, 0.1) is 18.4 Å². The van der Waals surface area contributed by atoms with Crippen LogP contribution in [0.25, 0.3) is 0 Å². The Morgan fingerprint density at radius 1 is 1.03 bits per heavy atom. The lowest BCUT2D eigenvalue weighted by atomic mass is 10.1. The van der Waals surface area contributed by atoms with Crippen molar-refractivity contribution >= 4 is 35.1 Å². The van der Waals surface area contributed by atoms with Gasteiger partial charge in [-0.3, -0.25) is 19.4 Å². The molecule has 32 heavy (non-hydrogen) atoms. The largest absolute Gasteiger partial charge is 0.465 e.